The standard InChI is InChI=1S/C2H2N3.3ClH.Zr/c1-3-2-5-4-1;;;;/h1H,(H,3,4,5);3*1H;/q-1;;;;+3/p-3. The van der Waals surface area contributed by atoms with Gasteiger partial charge in [-0.05, 0) is 12.7 Å². The minimum Gasteiger partial charge on any atom is -0.421 e. The maximum absolute atomic E-state index is 5.00. The van der Waals surface area contributed by atoms with Crippen molar-refractivity contribution in [3.8, 4) is 0 Å². The van der Waals surface area contributed by atoms with Crippen LogP contribution in [0.4, 0.5) is 0 Å². The van der Waals surface area contributed by atoms with Crippen molar-refractivity contribution < 1.29 is 18.2 Å². The fraction of sp³-hybridized carbons (Fsp3) is 0. The molecule has 0 spiro atoms. The minimum atomic E-state index is -2.13. The molecule has 1 aromatic heterocycles. The summed E-state index contributed by atoms with van der Waals surface area (Å²) in [5, 5.41) is 5.81. The molecule has 0 saturated carbocycles. The zero-order chi connectivity index (χ0) is 7.11. The summed E-state index contributed by atoms with van der Waals surface area (Å²) in [5.74, 6) is 0. The van der Waals surface area contributed by atoms with Crippen LogP contribution in [0.5, 0.6) is 0 Å². The van der Waals surface area contributed by atoms with E-state index in [9.17, 15) is 0 Å². The Hall–Kier alpha value is 0.893. The Balaban J connectivity index is 0.000000148. The Kier molecular flexibility index (Phi) is 7.70. The Morgan fingerprint density at radius 3 is 2.11 bits per heavy atom. The zero-order valence-corrected chi connectivity index (χ0v) is 8.83. The summed E-state index contributed by atoms with van der Waals surface area (Å²) < 4.78 is 0. The molecule has 0 atom stereocenters. The average Bonchev–Trinajstić information content (AvgIpc) is 2.11. The molecule has 0 aliphatic heterocycles. The summed E-state index contributed by atoms with van der Waals surface area (Å²) in [4.78, 5) is 3.43. The third-order valence-corrected chi connectivity index (χ3v) is 0.295. The van der Waals surface area contributed by atoms with E-state index in [1.165, 1.54) is 6.33 Å². The third kappa shape index (κ3) is 12.2. The van der Waals surface area contributed by atoms with E-state index < -0.39 is 18.2 Å². The Morgan fingerprint density at radius 1 is 1.44 bits per heavy atom. The first-order chi connectivity index (χ1) is 4.23. The van der Waals surface area contributed by atoms with Gasteiger partial charge in [-0.15, -0.1) is 0 Å². The van der Waals surface area contributed by atoms with Crippen LogP contribution in [0.15, 0.2) is 6.33 Å². The normalized spacial score (nSPS) is 7.44. The van der Waals surface area contributed by atoms with Crippen LogP contribution in [0.3, 0.4) is 0 Å². The average molecular weight is 266 g/mol. The number of aromatic nitrogens is 3. The molecular weight excluding hydrogens is 264 g/mol. The van der Waals surface area contributed by atoms with E-state index in [4.69, 9.17) is 25.5 Å². The van der Waals surface area contributed by atoms with E-state index in [1.54, 1.807) is 0 Å². The predicted molar refractivity (Wildman–Crippen MR) is 32.8 cm³/mol. The van der Waals surface area contributed by atoms with Gasteiger partial charge in [-0.25, -0.2) is 0 Å². The molecule has 0 aliphatic rings. The predicted octanol–water partition coefficient (Wildman–Crippen LogP) is 1.67. The second-order valence-electron chi connectivity index (χ2n) is 0.813. The van der Waals surface area contributed by atoms with Crippen LogP contribution in [-0.4, -0.2) is 15.2 Å². The van der Waals surface area contributed by atoms with Gasteiger partial charge in [0, 0.05) is 0 Å². The molecule has 0 unspecified atom stereocenters. The van der Waals surface area contributed by atoms with Crippen molar-refractivity contribution in [1.82, 2.24) is 15.2 Å². The van der Waals surface area contributed by atoms with Gasteiger partial charge in [-0.2, -0.15) is 0 Å². The summed E-state index contributed by atoms with van der Waals surface area (Å²) in [6.07, 6.45) is 3.76. The van der Waals surface area contributed by atoms with Crippen molar-refractivity contribution in [2.75, 3.05) is 0 Å². The Labute approximate surface area is 71.0 Å². The molecule has 0 bridgehead atoms. The van der Waals surface area contributed by atoms with Gasteiger partial charge in [0.1, 0.15) is 0 Å². The first-order valence-electron chi connectivity index (χ1n) is 1.78. The summed E-state index contributed by atoms with van der Waals surface area (Å²) in [6, 6.07) is 0. The molecule has 0 radical (unpaired) electrons. The number of hydrogen-bond acceptors (Lipinski definition) is 2. The van der Waals surface area contributed by atoms with E-state index in [2.05, 4.69) is 21.5 Å². The van der Waals surface area contributed by atoms with E-state index in [0.717, 1.165) is 0 Å². The summed E-state index contributed by atoms with van der Waals surface area (Å²) >= 11 is -2.13. The molecule has 0 aliphatic carbocycles. The van der Waals surface area contributed by atoms with E-state index in [-0.39, 0.29) is 0 Å². The maximum Gasteiger partial charge on any atom is -0.0238 e. The molecule has 1 N–H and O–H groups in total. The smallest absolute Gasteiger partial charge is 0.0238 e. The topological polar surface area (TPSA) is 41.6 Å². The molecule has 0 saturated heterocycles. The van der Waals surface area contributed by atoms with Crippen LogP contribution in [0.2, 0.25) is 0 Å². The fourth-order valence-corrected chi connectivity index (χ4v) is 0.144. The number of nitrogens with one attached hydrogen (secondary N) is 1. The van der Waals surface area contributed by atoms with E-state index in [0.29, 0.717) is 0 Å². The second kappa shape index (κ2) is 7.01. The third-order valence-electron chi connectivity index (χ3n) is 0.295. The van der Waals surface area contributed by atoms with Gasteiger partial charge in [0.2, 0.25) is 0 Å². The number of halogens is 3. The monoisotopic (exact) mass is 263 g/mol. The number of aromatic amines is 1. The summed E-state index contributed by atoms with van der Waals surface area (Å²) in [7, 11) is 15.0. The SMILES string of the molecule is [Cl][Zr]([Cl])[Cl].[c-]1nc[nH]n1. The van der Waals surface area contributed by atoms with Crippen LogP contribution in [-0.2, 0) is 18.2 Å². The van der Waals surface area contributed by atoms with Crippen molar-refractivity contribution in [2.24, 2.45) is 0 Å². The molecule has 1 rings (SSSR count). The largest absolute Gasteiger partial charge is 0.421 e. The summed E-state index contributed by atoms with van der Waals surface area (Å²) in [6.45, 7) is 0. The van der Waals surface area contributed by atoms with Gasteiger partial charge in [0.25, 0.3) is 0 Å². The quantitative estimate of drug-likeness (QED) is 0.725. The molecule has 0 fully saturated rings. The molecule has 51 valence electrons. The van der Waals surface area contributed by atoms with Crippen LogP contribution >= 0.6 is 25.5 Å². The number of rotatable bonds is 0. The van der Waals surface area contributed by atoms with Crippen LogP contribution in [0, 0.1) is 6.33 Å². The van der Waals surface area contributed by atoms with Crippen LogP contribution < -0.4 is 0 Å². The van der Waals surface area contributed by atoms with Gasteiger partial charge >= 0.3 is 43.7 Å². The number of H-pyrrole nitrogens is 1. The number of hydrogen-bond donors (Lipinski definition) is 1. The van der Waals surface area contributed by atoms with Crippen molar-refractivity contribution in [3.63, 3.8) is 0 Å². The summed E-state index contributed by atoms with van der Waals surface area (Å²) in [5.41, 5.74) is 0. The molecule has 9 heavy (non-hydrogen) atoms. The van der Waals surface area contributed by atoms with Crippen molar-refractivity contribution in [3.05, 3.63) is 12.7 Å². The minimum absolute atomic E-state index is 1.46. The Morgan fingerprint density at radius 2 is 2.00 bits per heavy atom. The molecule has 0 amide bonds. The van der Waals surface area contributed by atoms with Crippen LogP contribution in [0.25, 0.3) is 0 Å². The van der Waals surface area contributed by atoms with Crippen LogP contribution in [0.1, 0.15) is 0 Å². The van der Waals surface area contributed by atoms with Gasteiger partial charge in [-0.1, -0.05) is 0 Å². The fourth-order valence-electron chi connectivity index (χ4n) is 0.144. The van der Waals surface area contributed by atoms with Gasteiger partial charge in [-0.3, -0.25) is 5.10 Å². The molecule has 1 heterocycles. The van der Waals surface area contributed by atoms with Crippen molar-refractivity contribution in [1.29, 1.82) is 0 Å². The van der Waals surface area contributed by atoms with Crippen molar-refractivity contribution >= 4 is 25.5 Å². The van der Waals surface area contributed by atoms with E-state index in [1.807, 2.05) is 0 Å². The zero-order valence-electron chi connectivity index (χ0n) is 4.11. The molecule has 0 aromatic carbocycles. The molecular formula is C2H2Cl3N3Zr-. The first kappa shape index (κ1) is 9.89. The van der Waals surface area contributed by atoms with Gasteiger partial charge in [0.15, 0.2) is 0 Å². The molecule has 1 aromatic rings. The molecule has 7 heteroatoms. The Bertz CT molecular complexity index is 101. The number of nitrogens with zero attached hydrogens (tertiary/aromatic N) is 2. The van der Waals surface area contributed by atoms with E-state index >= 15 is 0 Å². The first-order valence-corrected chi connectivity index (χ1v) is 11.3. The second-order valence-corrected chi connectivity index (χ2v) is 12.0. The van der Waals surface area contributed by atoms with Crippen molar-refractivity contribution in [2.45, 2.75) is 0 Å². The molecule has 3 nitrogen and oxygen atoms in total. The van der Waals surface area contributed by atoms with Gasteiger partial charge in [0.05, 0.1) is 0 Å². The van der Waals surface area contributed by atoms with Gasteiger partial charge < -0.3 is 10.1 Å². The maximum atomic E-state index is 5.00.